The van der Waals surface area contributed by atoms with Gasteiger partial charge >= 0.3 is 0 Å². The number of halogens is 1. The van der Waals surface area contributed by atoms with Gasteiger partial charge in [-0.1, -0.05) is 17.7 Å². The number of hydrogen-bond acceptors (Lipinski definition) is 3. The molecule has 0 spiro atoms. The Kier molecular flexibility index (Phi) is 4.45. The SMILES string of the molecule is Cc1c(Cl)cccc1C(=O)N1CC[C@@H](CO)[C@H](O)C1. The Morgan fingerprint density at radius 1 is 1.53 bits per heavy atom. The predicted molar refractivity (Wildman–Crippen MR) is 73.3 cm³/mol. The van der Waals surface area contributed by atoms with Crippen LogP contribution in [0.3, 0.4) is 0 Å². The molecule has 0 radical (unpaired) electrons. The van der Waals surface area contributed by atoms with E-state index in [1.54, 1.807) is 23.1 Å². The highest BCUT2D eigenvalue weighted by Crippen LogP contribution is 2.23. The largest absolute Gasteiger partial charge is 0.396 e. The van der Waals surface area contributed by atoms with Crippen molar-refractivity contribution >= 4 is 17.5 Å². The maximum atomic E-state index is 12.4. The molecule has 0 bridgehead atoms. The van der Waals surface area contributed by atoms with Crippen molar-refractivity contribution in [2.75, 3.05) is 19.7 Å². The number of carbonyl (C=O) groups excluding carboxylic acids is 1. The zero-order valence-corrected chi connectivity index (χ0v) is 11.6. The molecule has 1 fully saturated rings. The Morgan fingerprint density at radius 2 is 2.26 bits per heavy atom. The van der Waals surface area contributed by atoms with E-state index in [2.05, 4.69) is 0 Å². The molecular formula is C14H18ClNO3. The van der Waals surface area contributed by atoms with Crippen LogP contribution in [0.1, 0.15) is 22.3 Å². The summed E-state index contributed by atoms with van der Waals surface area (Å²) in [7, 11) is 0. The van der Waals surface area contributed by atoms with Crippen molar-refractivity contribution in [1.82, 2.24) is 4.90 Å². The number of benzene rings is 1. The number of likely N-dealkylation sites (tertiary alicyclic amines) is 1. The van der Waals surface area contributed by atoms with E-state index in [-0.39, 0.29) is 25.0 Å². The van der Waals surface area contributed by atoms with Crippen molar-refractivity contribution in [1.29, 1.82) is 0 Å². The van der Waals surface area contributed by atoms with Gasteiger partial charge in [-0.05, 0) is 31.0 Å². The molecule has 2 atom stereocenters. The molecule has 104 valence electrons. The Morgan fingerprint density at radius 3 is 2.89 bits per heavy atom. The lowest BCUT2D eigenvalue weighted by molar-refractivity contribution is 0.000846. The van der Waals surface area contributed by atoms with E-state index in [1.807, 2.05) is 6.92 Å². The summed E-state index contributed by atoms with van der Waals surface area (Å²) in [6.07, 6.45) is -0.0505. The van der Waals surface area contributed by atoms with E-state index < -0.39 is 6.10 Å². The fourth-order valence-electron chi connectivity index (χ4n) is 2.39. The molecule has 19 heavy (non-hydrogen) atoms. The number of aliphatic hydroxyl groups is 2. The van der Waals surface area contributed by atoms with Crippen molar-refractivity contribution in [3.63, 3.8) is 0 Å². The normalized spacial score (nSPS) is 23.5. The zero-order valence-electron chi connectivity index (χ0n) is 10.8. The summed E-state index contributed by atoms with van der Waals surface area (Å²) in [5, 5.41) is 19.5. The van der Waals surface area contributed by atoms with Crippen LogP contribution in [0.25, 0.3) is 0 Å². The van der Waals surface area contributed by atoms with E-state index >= 15 is 0 Å². The van der Waals surface area contributed by atoms with E-state index in [4.69, 9.17) is 16.7 Å². The molecule has 2 rings (SSSR count). The summed E-state index contributed by atoms with van der Waals surface area (Å²) in [6.45, 7) is 2.58. The Labute approximate surface area is 117 Å². The summed E-state index contributed by atoms with van der Waals surface area (Å²) in [6, 6.07) is 5.24. The highest BCUT2D eigenvalue weighted by atomic mass is 35.5. The van der Waals surface area contributed by atoms with Gasteiger partial charge in [-0.2, -0.15) is 0 Å². The number of aliphatic hydroxyl groups excluding tert-OH is 2. The van der Waals surface area contributed by atoms with Crippen molar-refractivity contribution in [3.05, 3.63) is 34.3 Å². The minimum atomic E-state index is -0.665. The fraction of sp³-hybridized carbons (Fsp3) is 0.500. The van der Waals surface area contributed by atoms with Crippen LogP contribution in [-0.4, -0.2) is 46.8 Å². The van der Waals surface area contributed by atoms with Gasteiger partial charge in [0.15, 0.2) is 0 Å². The zero-order chi connectivity index (χ0) is 14.0. The van der Waals surface area contributed by atoms with Crippen LogP contribution in [0.2, 0.25) is 5.02 Å². The number of rotatable bonds is 2. The topological polar surface area (TPSA) is 60.8 Å². The van der Waals surface area contributed by atoms with Gasteiger partial charge < -0.3 is 15.1 Å². The molecule has 4 nitrogen and oxygen atoms in total. The molecule has 0 saturated carbocycles. The molecule has 1 aromatic rings. The molecule has 1 amide bonds. The number of piperidine rings is 1. The average Bonchev–Trinajstić information content (AvgIpc) is 2.41. The van der Waals surface area contributed by atoms with E-state index in [9.17, 15) is 9.90 Å². The van der Waals surface area contributed by atoms with E-state index in [1.165, 1.54) is 0 Å². The van der Waals surface area contributed by atoms with Gasteiger partial charge in [-0.3, -0.25) is 4.79 Å². The second-order valence-corrected chi connectivity index (χ2v) is 5.37. The number of hydrogen-bond donors (Lipinski definition) is 2. The summed E-state index contributed by atoms with van der Waals surface area (Å²) >= 11 is 6.02. The molecule has 2 N–H and O–H groups in total. The lowest BCUT2D eigenvalue weighted by atomic mass is 9.94. The summed E-state index contributed by atoms with van der Waals surface area (Å²) in [5.74, 6) is -0.250. The molecule has 1 heterocycles. The van der Waals surface area contributed by atoms with Crippen molar-refractivity contribution in [3.8, 4) is 0 Å². The first-order valence-corrected chi connectivity index (χ1v) is 6.75. The van der Waals surface area contributed by atoms with Crippen LogP contribution in [0.5, 0.6) is 0 Å². The molecular weight excluding hydrogens is 266 g/mol. The van der Waals surface area contributed by atoms with Crippen LogP contribution >= 0.6 is 11.6 Å². The highest BCUT2D eigenvalue weighted by Gasteiger charge is 2.30. The van der Waals surface area contributed by atoms with Gasteiger partial charge in [0, 0.05) is 36.2 Å². The van der Waals surface area contributed by atoms with Crippen LogP contribution in [0.15, 0.2) is 18.2 Å². The summed E-state index contributed by atoms with van der Waals surface area (Å²) < 4.78 is 0. The van der Waals surface area contributed by atoms with E-state index in [0.717, 1.165) is 5.56 Å². The molecule has 0 aliphatic carbocycles. The average molecular weight is 284 g/mol. The minimum absolute atomic E-state index is 0.0423. The molecule has 0 unspecified atom stereocenters. The van der Waals surface area contributed by atoms with Gasteiger partial charge in [0.1, 0.15) is 0 Å². The smallest absolute Gasteiger partial charge is 0.254 e. The number of amides is 1. The highest BCUT2D eigenvalue weighted by molar-refractivity contribution is 6.31. The Hall–Kier alpha value is -1.10. The van der Waals surface area contributed by atoms with Crippen LogP contribution in [0, 0.1) is 12.8 Å². The van der Waals surface area contributed by atoms with E-state index in [0.29, 0.717) is 23.6 Å². The molecule has 0 aromatic heterocycles. The third-order valence-corrected chi connectivity index (χ3v) is 4.15. The van der Waals surface area contributed by atoms with Crippen LogP contribution in [0.4, 0.5) is 0 Å². The maximum Gasteiger partial charge on any atom is 0.254 e. The van der Waals surface area contributed by atoms with Crippen molar-refractivity contribution in [2.24, 2.45) is 5.92 Å². The standard InChI is InChI=1S/C14H18ClNO3/c1-9-11(3-2-4-12(9)15)14(19)16-6-5-10(8-17)13(18)7-16/h2-4,10,13,17-18H,5-8H2,1H3/t10-,13+/m0/s1. The predicted octanol–water partition coefficient (Wildman–Crippen LogP) is 1.46. The van der Waals surface area contributed by atoms with Gasteiger partial charge in [0.25, 0.3) is 5.91 Å². The molecule has 1 saturated heterocycles. The van der Waals surface area contributed by atoms with Crippen molar-refractivity contribution in [2.45, 2.75) is 19.4 Å². The van der Waals surface area contributed by atoms with Gasteiger partial charge in [-0.15, -0.1) is 0 Å². The molecule has 1 aromatic carbocycles. The van der Waals surface area contributed by atoms with Gasteiger partial charge in [-0.25, -0.2) is 0 Å². The molecule has 1 aliphatic rings. The van der Waals surface area contributed by atoms with Crippen molar-refractivity contribution < 1.29 is 15.0 Å². The fourth-order valence-corrected chi connectivity index (χ4v) is 2.56. The maximum absolute atomic E-state index is 12.4. The molecule has 1 aliphatic heterocycles. The lowest BCUT2D eigenvalue weighted by Crippen LogP contribution is -2.47. The number of nitrogens with zero attached hydrogens (tertiary/aromatic N) is 1. The molecule has 5 heteroatoms. The lowest BCUT2D eigenvalue weighted by Gasteiger charge is -2.35. The monoisotopic (exact) mass is 283 g/mol. The Balaban J connectivity index is 2.15. The quantitative estimate of drug-likeness (QED) is 0.864. The first-order chi connectivity index (χ1) is 9.04. The summed E-state index contributed by atoms with van der Waals surface area (Å²) in [5.41, 5.74) is 1.33. The van der Waals surface area contributed by atoms with Gasteiger partial charge in [0.05, 0.1) is 6.10 Å². The summed E-state index contributed by atoms with van der Waals surface area (Å²) in [4.78, 5) is 14.0. The van der Waals surface area contributed by atoms with Crippen LogP contribution in [-0.2, 0) is 0 Å². The minimum Gasteiger partial charge on any atom is -0.396 e. The second kappa shape index (κ2) is 5.90. The number of carbonyl (C=O) groups is 1. The first kappa shape index (κ1) is 14.3. The third-order valence-electron chi connectivity index (χ3n) is 3.74. The third kappa shape index (κ3) is 2.91. The Bertz CT molecular complexity index is 478. The van der Waals surface area contributed by atoms with Crippen LogP contribution < -0.4 is 0 Å². The second-order valence-electron chi connectivity index (χ2n) is 4.96. The van der Waals surface area contributed by atoms with Gasteiger partial charge in [0.2, 0.25) is 0 Å². The number of β-amino-alcohol motifs (C(OH)–C–C–N with tert-alkyl or cyclic N) is 1. The first-order valence-electron chi connectivity index (χ1n) is 6.38.